The van der Waals surface area contributed by atoms with Crippen molar-refractivity contribution < 1.29 is 9.18 Å². The van der Waals surface area contributed by atoms with Crippen LogP contribution in [0.4, 0.5) is 10.1 Å². The van der Waals surface area contributed by atoms with Crippen molar-refractivity contribution in [2.24, 2.45) is 0 Å². The van der Waals surface area contributed by atoms with Gasteiger partial charge >= 0.3 is 0 Å². The molecule has 0 saturated heterocycles. The smallest absolute Gasteiger partial charge is 0.257 e. The molecule has 4 heteroatoms. The Balaban J connectivity index is 1.84. The molecular weight excluding hydrogens is 291 g/mol. The number of anilines is 1. The van der Waals surface area contributed by atoms with Crippen LogP contribution in [-0.2, 0) is 0 Å². The summed E-state index contributed by atoms with van der Waals surface area (Å²) in [6.45, 7) is 1.78. The van der Waals surface area contributed by atoms with Crippen molar-refractivity contribution >= 4 is 11.6 Å². The first-order chi connectivity index (χ1) is 11.1. The molecule has 0 fully saturated rings. The number of hydrogen-bond donors (Lipinski definition) is 1. The largest absolute Gasteiger partial charge is 0.322 e. The highest BCUT2D eigenvalue weighted by Gasteiger charge is 2.12. The fraction of sp³-hybridized carbons (Fsp3) is 0.0526. The molecule has 3 rings (SSSR count). The highest BCUT2D eigenvalue weighted by atomic mass is 19.1. The molecule has 3 nitrogen and oxygen atoms in total. The van der Waals surface area contributed by atoms with Gasteiger partial charge in [0, 0.05) is 11.3 Å². The minimum atomic E-state index is -0.392. The van der Waals surface area contributed by atoms with E-state index in [0.717, 1.165) is 11.3 Å². The van der Waals surface area contributed by atoms with Crippen LogP contribution in [0.1, 0.15) is 16.1 Å². The van der Waals surface area contributed by atoms with Gasteiger partial charge in [-0.25, -0.2) is 4.39 Å². The molecule has 0 bridgehead atoms. The second-order valence-electron chi connectivity index (χ2n) is 5.16. The minimum Gasteiger partial charge on any atom is -0.322 e. The van der Waals surface area contributed by atoms with Crippen molar-refractivity contribution in [3.05, 3.63) is 83.8 Å². The number of nitrogens with one attached hydrogen (secondary N) is 1. The second kappa shape index (κ2) is 6.40. The van der Waals surface area contributed by atoms with E-state index >= 15 is 0 Å². The third kappa shape index (κ3) is 3.43. The lowest BCUT2D eigenvalue weighted by molar-refractivity contribution is 0.102. The van der Waals surface area contributed by atoms with Crippen LogP contribution in [0.25, 0.3) is 11.3 Å². The zero-order chi connectivity index (χ0) is 16.2. The normalized spacial score (nSPS) is 10.3. The molecule has 0 aliphatic carbocycles. The summed E-state index contributed by atoms with van der Waals surface area (Å²) >= 11 is 0. The number of rotatable bonds is 3. The summed E-state index contributed by atoms with van der Waals surface area (Å²) in [5, 5.41) is 2.68. The second-order valence-corrected chi connectivity index (χ2v) is 5.16. The van der Waals surface area contributed by atoms with Crippen molar-refractivity contribution in [2.45, 2.75) is 6.92 Å². The van der Waals surface area contributed by atoms with E-state index in [-0.39, 0.29) is 5.91 Å². The Kier molecular flexibility index (Phi) is 4.15. The van der Waals surface area contributed by atoms with Crippen molar-refractivity contribution in [1.82, 2.24) is 4.98 Å². The molecule has 0 saturated carbocycles. The van der Waals surface area contributed by atoms with Gasteiger partial charge in [0.25, 0.3) is 5.91 Å². The number of halogens is 1. The highest BCUT2D eigenvalue weighted by molar-refractivity contribution is 6.05. The van der Waals surface area contributed by atoms with Crippen LogP contribution in [0.3, 0.4) is 0 Å². The summed E-state index contributed by atoms with van der Waals surface area (Å²) in [5.41, 5.74) is 3.31. The van der Waals surface area contributed by atoms with Crippen molar-refractivity contribution in [2.75, 3.05) is 5.32 Å². The number of nitrogens with zero attached hydrogens (tertiary/aromatic N) is 1. The fourth-order valence-electron chi connectivity index (χ4n) is 2.34. The van der Waals surface area contributed by atoms with Crippen LogP contribution in [0.2, 0.25) is 0 Å². The van der Waals surface area contributed by atoms with E-state index in [2.05, 4.69) is 10.3 Å². The van der Waals surface area contributed by atoms with E-state index in [4.69, 9.17) is 0 Å². The molecule has 1 amide bonds. The van der Waals surface area contributed by atoms with E-state index in [0.29, 0.717) is 16.9 Å². The number of aromatic nitrogens is 1. The van der Waals surface area contributed by atoms with E-state index in [1.54, 1.807) is 25.1 Å². The SMILES string of the molecule is Cc1nc(-c2ccccc2)ccc1C(=O)Nc1cccc(F)c1. The van der Waals surface area contributed by atoms with E-state index in [1.807, 2.05) is 36.4 Å². The quantitative estimate of drug-likeness (QED) is 0.777. The molecule has 1 aromatic heterocycles. The molecule has 114 valence electrons. The molecule has 1 N–H and O–H groups in total. The number of hydrogen-bond acceptors (Lipinski definition) is 2. The van der Waals surface area contributed by atoms with Crippen LogP contribution >= 0.6 is 0 Å². The Morgan fingerprint density at radius 1 is 1.00 bits per heavy atom. The zero-order valence-electron chi connectivity index (χ0n) is 12.6. The van der Waals surface area contributed by atoms with Gasteiger partial charge in [-0.2, -0.15) is 0 Å². The van der Waals surface area contributed by atoms with Gasteiger partial charge < -0.3 is 5.32 Å². The number of pyridine rings is 1. The summed E-state index contributed by atoms with van der Waals surface area (Å²) in [5.74, 6) is -0.697. The maximum absolute atomic E-state index is 13.2. The van der Waals surface area contributed by atoms with Gasteiger partial charge in [-0.3, -0.25) is 9.78 Å². The fourth-order valence-corrected chi connectivity index (χ4v) is 2.34. The van der Waals surface area contributed by atoms with Crippen molar-refractivity contribution in [3.8, 4) is 11.3 Å². The standard InChI is InChI=1S/C19H15FN2O/c1-13-17(19(23)22-16-9-5-8-15(20)12-16)10-11-18(21-13)14-6-3-2-4-7-14/h2-12H,1H3,(H,22,23). The Hall–Kier alpha value is -3.01. The van der Waals surface area contributed by atoms with Crippen molar-refractivity contribution in [1.29, 1.82) is 0 Å². The number of carbonyl (C=O) groups is 1. The Morgan fingerprint density at radius 3 is 2.48 bits per heavy atom. The molecule has 1 heterocycles. The van der Waals surface area contributed by atoms with Gasteiger partial charge in [-0.1, -0.05) is 36.4 Å². The molecule has 0 radical (unpaired) electrons. The zero-order valence-corrected chi connectivity index (χ0v) is 12.6. The van der Waals surface area contributed by atoms with Crippen LogP contribution in [0.15, 0.2) is 66.7 Å². The average molecular weight is 306 g/mol. The maximum Gasteiger partial charge on any atom is 0.257 e. The Bertz CT molecular complexity index is 847. The van der Waals surface area contributed by atoms with E-state index in [1.165, 1.54) is 12.1 Å². The predicted molar refractivity (Wildman–Crippen MR) is 88.8 cm³/mol. The molecular formula is C19H15FN2O. The predicted octanol–water partition coefficient (Wildman–Crippen LogP) is 4.45. The Morgan fingerprint density at radius 2 is 1.78 bits per heavy atom. The molecule has 3 aromatic rings. The lowest BCUT2D eigenvalue weighted by Gasteiger charge is -2.09. The van der Waals surface area contributed by atoms with Gasteiger partial charge in [0.1, 0.15) is 5.82 Å². The number of benzene rings is 2. The third-order valence-electron chi connectivity index (χ3n) is 3.48. The molecule has 0 spiro atoms. The number of aryl methyl sites for hydroxylation is 1. The van der Waals surface area contributed by atoms with Crippen LogP contribution < -0.4 is 5.32 Å². The topological polar surface area (TPSA) is 42.0 Å². The number of carbonyl (C=O) groups excluding carboxylic acids is 1. The van der Waals surface area contributed by atoms with Gasteiger partial charge in [0.15, 0.2) is 0 Å². The van der Waals surface area contributed by atoms with Crippen LogP contribution in [0.5, 0.6) is 0 Å². The van der Waals surface area contributed by atoms with Crippen LogP contribution in [0, 0.1) is 12.7 Å². The monoisotopic (exact) mass is 306 g/mol. The summed E-state index contributed by atoms with van der Waals surface area (Å²) in [6, 6.07) is 19.1. The molecule has 23 heavy (non-hydrogen) atoms. The van der Waals surface area contributed by atoms with Crippen LogP contribution in [-0.4, -0.2) is 10.9 Å². The van der Waals surface area contributed by atoms with E-state index in [9.17, 15) is 9.18 Å². The number of amides is 1. The first-order valence-electron chi connectivity index (χ1n) is 7.23. The highest BCUT2D eigenvalue weighted by Crippen LogP contribution is 2.19. The average Bonchev–Trinajstić information content (AvgIpc) is 2.55. The molecule has 0 aliphatic heterocycles. The third-order valence-corrected chi connectivity index (χ3v) is 3.48. The lowest BCUT2D eigenvalue weighted by atomic mass is 10.1. The van der Waals surface area contributed by atoms with E-state index < -0.39 is 5.82 Å². The summed E-state index contributed by atoms with van der Waals surface area (Å²) in [7, 11) is 0. The Labute approximate surface area is 133 Å². The first-order valence-corrected chi connectivity index (χ1v) is 7.23. The van der Waals surface area contributed by atoms with Gasteiger partial charge in [-0.15, -0.1) is 0 Å². The lowest BCUT2D eigenvalue weighted by Crippen LogP contribution is -2.14. The van der Waals surface area contributed by atoms with Gasteiger partial charge in [0.05, 0.1) is 17.0 Å². The molecule has 0 atom stereocenters. The first kappa shape index (κ1) is 14.9. The summed E-state index contributed by atoms with van der Waals surface area (Å²) < 4.78 is 13.2. The summed E-state index contributed by atoms with van der Waals surface area (Å²) in [6.07, 6.45) is 0. The maximum atomic E-state index is 13.2. The van der Waals surface area contributed by atoms with Gasteiger partial charge in [0.2, 0.25) is 0 Å². The molecule has 0 unspecified atom stereocenters. The summed E-state index contributed by atoms with van der Waals surface area (Å²) in [4.78, 5) is 16.8. The minimum absolute atomic E-state index is 0.305. The molecule has 2 aromatic carbocycles. The molecule has 0 aliphatic rings. The van der Waals surface area contributed by atoms with Crippen molar-refractivity contribution in [3.63, 3.8) is 0 Å². The van der Waals surface area contributed by atoms with Gasteiger partial charge in [-0.05, 0) is 37.3 Å².